The van der Waals surface area contributed by atoms with Gasteiger partial charge in [0.05, 0.1) is 12.6 Å². The van der Waals surface area contributed by atoms with Gasteiger partial charge in [0.15, 0.2) is 0 Å². The maximum Gasteiger partial charge on any atom is 0.326 e. The number of amides is 6. The molecule has 19 nitrogen and oxygen atoms in total. The molecule has 3 rings (SSSR count). The molecule has 0 radical (unpaired) electrons. The van der Waals surface area contributed by atoms with Gasteiger partial charge in [-0.05, 0) is 81.2 Å². The summed E-state index contributed by atoms with van der Waals surface area (Å²) in [5.74, 6) is -6.40. The van der Waals surface area contributed by atoms with Crippen molar-refractivity contribution >= 4 is 81.8 Å². The van der Waals surface area contributed by atoms with E-state index in [-0.39, 0.29) is 19.3 Å². The van der Waals surface area contributed by atoms with E-state index >= 15 is 0 Å². The minimum absolute atomic E-state index is 0.0234. The number of aliphatic carboxylic acids is 2. The number of carbonyl (C=O) groups is 8. The third-order valence-corrected chi connectivity index (χ3v) is 10.7. The molecule has 21 heteroatoms. The van der Waals surface area contributed by atoms with Gasteiger partial charge in [-0.1, -0.05) is 18.2 Å². The average Bonchev–Trinajstić information content (AvgIpc) is 3.89. The number of para-hydroxylation sites is 1. The van der Waals surface area contributed by atoms with Gasteiger partial charge in [-0.2, -0.15) is 23.5 Å². The van der Waals surface area contributed by atoms with E-state index in [4.69, 9.17) is 0 Å². The summed E-state index contributed by atoms with van der Waals surface area (Å²) in [6, 6.07) is -1.19. The van der Waals surface area contributed by atoms with Crippen LogP contribution >= 0.6 is 23.5 Å². The van der Waals surface area contributed by atoms with Crippen molar-refractivity contribution in [3.05, 3.63) is 36.0 Å². The van der Waals surface area contributed by atoms with Gasteiger partial charge in [-0.15, -0.1) is 0 Å². The molecule has 2 aromatic rings. The van der Waals surface area contributed by atoms with E-state index in [1.54, 1.807) is 18.7 Å². The fourth-order valence-corrected chi connectivity index (χ4v) is 7.07. The van der Waals surface area contributed by atoms with Gasteiger partial charge in [0, 0.05) is 29.9 Å². The number of carboxylic acid groups (broad SMARTS) is 2. The molecule has 1 saturated heterocycles. The Labute approximate surface area is 344 Å². The van der Waals surface area contributed by atoms with Gasteiger partial charge in [0.25, 0.3) is 0 Å². The Morgan fingerprint density at radius 3 is 1.93 bits per heavy atom. The fourth-order valence-electron chi connectivity index (χ4n) is 6.13. The maximum atomic E-state index is 13.7. The number of benzene rings is 1. The summed E-state index contributed by atoms with van der Waals surface area (Å²) in [4.78, 5) is 106. The van der Waals surface area contributed by atoms with Gasteiger partial charge >= 0.3 is 11.9 Å². The number of aliphatic hydroxyl groups is 1. The maximum absolute atomic E-state index is 13.7. The summed E-state index contributed by atoms with van der Waals surface area (Å²) in [7, 11) is 0. The predicted octanol–water partition coefficient (Wildman–Crippen LogP) is -1.16. The molecule has 0 spiro atoms. The molecule has 2 heterocycles. The number of carbonyl (C=O) groups excluding carboxylic acids is 6. The highest BCUT2D eigenvalue weighted by Gasteiger charge is 2.34. The largest absolute Gasteiger partial charge is 0.481 e. The van der Waals surface area contributed by atoms with Crippen LogP contribution in [0.15, 0.2) is 30.5 Å². The molecule has 1 aliphatic heterocycles. The first kappa shape index (κ1) is 47.5. The van der Waals surface area contributed by atoms with Crippen LogP contribution in [0.25, 0.3) is 10.9 Å². The van der Waals surface area contributed by atoms with Crippen LogP contribution in [0.1, 0.15) is 51.0 Å². The first-order valence-corrected chi connectivity index (χ1v) is 21.6. The second-order valence-electron chi connectivity index (χ2n) is 13.8. The molecule has 58 heavy (non-hydrogen) atoms. The van der Waals surface area contributed by atoms with Gasteiger partial charge in [0.1, 0.15) is 36.3 Å². The second-order valence-corrected chi connectivity index (χ2v) is 15.7. The van der Waals surface area contributed by atoms with Gasteiger partial charge in [-0.3, -0.25) is 33.6 Å². The Morgan fingerprint density at radius 2 is 1.31 bits per heavy atom. The minimum Gasteiger partial charge on any atom is -0.481 e. The lowest BCUT2D eigenvalue weighted by atomic mass is 10.0. The van der Waals surface area contributed by atoms with Crippen molar-refractivity contribution in [3.8, 4) is 0 Å². The number of fused-ring (bicyclic) bond motifs is 1. The molecule has 0 bridgehead atoms. The third kappa shape index (κ3) is 14.8. The van der Waals surface area contributed by atoms with E-state index in [0.717, 1.165) is 17.3 Å². The first-order chi connectivity index (χ1) is 27.7. The Balaban J connectivity index is 1.72. The quantitative estimate of drug-likeness (QED) is 0.0562. The molecule has 1 aromatic heterocycles. The molecule has 1 aliphatic rings. The summed E-state index contributed by atoms with van der Waals surface area (Å²) < 4.78 is 0. The van der Waals surface area contributed by atoms with E-state index in [1.807, 2.05) is 24.3 Å². The van der Waals surface area contributed by atoms with E-state index in [0.29, 0.717) is 30.0 Å². The normalized spacial score (nSPS) is 16.8. The molecule has 0 saturated carbocycles. The molecule has 11 N–H and O–H groups in total. The Bertz CT molecular complexity index is 1760. The van der Waals surface area contributed by atoms with Crippen molar-refractivity contribution in [2.24, 2.45) is 0 Å². The molecule has 6 amide bonds. The van der Waals surface area contributed by atoms with E-state index in [9.17, 15) is 53.7 Å². The highest BCUT2D eigenvalue weighted by atomic mass is 32.2. The second kappa shape index (κ2) is 24.2. The van der Waals surface area contributed by atoms with Crippen LogP contribution in [-0.2, 0) is 44.8 Å². The average molecular weight is 851 g/mol. The zero-order valence-corrected chi connectivity index (χ0v) is 34.3. The van der Waals surface area contributed by atoms with Crippen molar-refractivity contribution < 1.29 is 53.7 Å². The smallest absolute Gasteiger partial charge is 0.326 e. The van der Waals surface area contributed by atoms with Crippen molar-refractivity contribution in [1.29, 1.82) is 0 Å². The van der Waals surface area contributed by atoms with Crippen LogP contribution in [0.2, 0.25) is 0 Å². The zero-order valence-electron chi connectivity index (χ0n) is 32.6. The molecular weight excluding hydrogens is 797 g/mol. The number of aliphatic hydroxyl groups excluding tert-OH is 1. The van der Waals surface area contributed by atoms with E-state index in [1.165, 1.54) is 30.4 Å². The number of rotatable bonds is 25. The van der Waals surface area contributed by atoms with Crippen LogP contribution in [0.4, 0.5) is 0 Å². The number of carboxylic acids is 2. The highest BCUT2D eigenvalue weighted by molar-refractivity contribution is 7.98. The summed E-state index contributed by atoms with van der Waals surface area (Å²) in [5.41, 5.74) is 1.51. The van der Waals surface area contributed by atoms with Crippen LogP contribution in [0.5, 0.6) is 0 Å². The Hall–Kier alpha value is -4.86. The van der Waals surface area contributed by atoms with Crippen molar-refractivity contribution in [2.45, 2.75) is 94.2 Å². The van der Waals surface area contributed by atoms with E-state index < -0.39 is 109 Å². The number of nitrogens with one attached hydrogen (secondary N) is 8. The number of hydrogen-bond acceptors (Lipinski definition) is 12. The lowest BCUT2D eigenvalue weighted by Gasteiger charge is -2.26. The van der Waals surface area contributed by atoms with Gasteiger partial charge in [0.2, 0.25) is 35.4 Å². The molecule has 0 aliphatic carbocycles. The van der Waals surface area contributed by atoms with Crippen molar-refractivity contribution in [2.75, 3.05) is 37.2 Å². The van der Waals surface area contributed by atoms with Gasteiger partial charge in [-0.25, -0.2) is 4.79 Å². The molecule has 0 unspecified atom stereocenters. The summed E-state index contributed by atoms with van der Waals surface area (Å²) >= 11 is 2.80. The zero-order chi connectivity index (χ0) is 42.8. The summed E-state index contributed by atoms with van der Waals surface area (Å²) in [6.45, 7) is 1.00. The molecular formula is C37H54N8O11S2. The highest BCUT2D eigenvalue weighted by Crippen LogP contribution is 2.20. The topological polar surface area (TPSA) is 297 Å². The lowest BCUT2D eigenvalue weighted by molar-refractivity contribution is -0.142. The standard InChI is InChI=1S/C37H54N8O11S2/c1-20(31(49)41-26(12-15-57-2)34(52)43-27(37(55)56)13-16-58-3)40-33(51)25(10-11-30(47)48)42-36(54)29(19-46)45-35(53)28(44-32(50)24-9-6-14-38-24)17-21-18-39-23-8-5-4-7-22(21)23/h4-5,7-8,18,20,24-29,38-39,46H,6,9-17,19H2,1-3H3,(H,40,51)(H,41,49)(H,42,54)(H,43,52)(H,44,50)(H,45,53)(H,47,48)(H,55,56)/t20-,24-,25-,26-,27-,28-,29-/m0/s1. The number of thioether (sulfide) groups is 2. The number of hydrogen-bond donors (Lipinski definition) is 11. The fraction of sp³-hybridized carbons (Fsp3) is 0.568. The molecule has 320 valence electrons. The number of aromatic amines is 1. The number of H-pyrrole nitrogens is 1. The first-order valence-electron chi connectivity index (χ1n) is 18.8. The van der Waals surface area contributed by atoms with Crippen LogP contribution < -0.4 is 37.2 Å². The summed E-state index contributed by atoms with van der Waals surface area (Å²) in [6.07, 6.45) is 5.92. The Kier molecular flexibility index (Phi) is 19.8. The van der Waals surface area contributed by atoms with Crippen molar-refractivity contribution in [3.63, 3.8) is 0 Å². The number of aromatic nitrogens is 1. The molecule has 7 atom stereocenters. The molecule has 1 aromatic carbocycles. The Morgan fingerprint density at radius 1 is 0.741 bits per heavy atom. The minimum atomic E-state index is -1.64. The van der Waals surface area contributed by atoms with Crippen LogP contribution in [-0.4, -0.2) is 147 Å². The van der Waals surface area contributed by atoms with E-state index in [2.05, 4.69) is 42.2 Å². The molecule has 1 fully saturated rings. The van der Waals surface area contributed by atoms with Crippen LogP contribution in [0.3, 0.4) is 0 Å². The summed E-state index contributed by atoms with van der Waals surface area (Å²) in [5, 5.41) is 47.9. The third-order valence-electron chi connectivity index (χ3n) is 9.43. The van der Waals surface area contributed by atoms with Crippen molar-refractivity contribution in [1.82, 2.24) is 42.2 Å². The van der Waals surface area contributed by atoms with Gasteiger partial charge < -0.3 is 57.5 Å². The lowest BCUT2D eigenvalue weighted by Crippen LogP contribution is -2.60. The monoisotopic (exact) mass is 850 g/mol. The van der Waals surface area contributed by atoms with Crippen LogP contribution in [0, 0.1) is 0 Å². The SMILES string of the molecule is CSCC[C@H](NC(=O)[C@H](CCSC)NC(=O)[C@H](C)NC(=O)[C@H](CCC(=O)O)NC(=O)[C@H](CO)NC(=O)[C@H](Cc1c[nH]c2ccccc12)NC(=O)[C@@H]1CCCN1)C(=O)O. The predicted molar refractivity (Wildman–Crippen MR) is 218 cm³/mol.